The van der Waals surface area contributed by atoms with Crippen molar-refractivity contribution in [3.05, 3.63) is 53.8 Å². The van der Waals surface area contributed by atoms with Crippen LogP contribution in [0.3, 0.4) is 0 Å². The van der Waals surface area contributed by atoms with E-state index in [9.17, 15) is 18.0 Å². The Kier molecular flexibility index (Phi) is 6.06. The fourth-order valence-electron chi connectivity index (χ4n) is 2.04. The molecule has 128 valence electrons. The number of anilines is 2. The molecule has 0 unspecified atom stereocenters. The van der Waals surface area contributed by atoms with Gasteiger partial charge in [-0.1, -0.05) is 12.1 Å². The van der Waals surface area contributed by atoms with Crippen molar-refractivity contribution >= 4 is 17.3 Å². The minimum Gasteiger partial charge on any atom is -0.492 e. The van der Waals surface area contributed by atoms with Crippen LogP contribution in [0.25, 0.3) is 0 Å². The minimum atomic E-state index is -1.61. The lowest BCUT2D eigenvalue weighted by Gasteiger charge is -2.12. The molecule has 0 saturated heterocycles. The van der Waals surface area contributed by atoms with Crippen molar-refractivity contribution in [2.75, 3.05) is 23.8 Å². The molecule has 0 aromatic heterocycles. The summed E-state index contributed by atoms with van der Waals surface area (Å²) in [7, 11) is 0. The van der Waals surface area contributed by atoms with Crippen LogP contribution in [0.4, 0.5) is 24.5 Å². The summed E-state index contributed by atoms with van der Waals surface area (Å²) in [5.74, 6) is -4.21. The second kappa shape index (κ2) is 8.24. The molecule has 24 heavy (non-hydrogen) atoms. The first-order chi connectivity index (χ1) is 11.5. The smallest absolute Gasteiger partial charge is 0.226 e. The van der Waals surface area contributed by atoms with Crippen LogP contribution in [0.15, 0.2) is 36.4 Å². The lowest BCUT2D eigenvalue weighted by atomic mass is 10.2. The molecular formula is C17H17F3N2O2. The van der Waals surface area contributed by atoms with Crippen LogP contribution in [0.2, 0.25) is 0 Å². The van der Waals surface area contributed by atoms with Crippen LogP contribution >= 0.6 is 0 Å². The third-order valence-electron chi connectivity index (χ3n) is 3.16. The number of halogens is 3. The average molecular weight is 338 g/mol. The number of nitrogens with one attached hydrogen (secondary N) is 2. The van der Waals surface area contributed by atoms with Gasteiger partial charge in [-0.3, -0.25) is 4.79 Å². The number of benzene rings is 2. The Hall–Kier alpha value is -2.70. The van der Waals surface area contributed by atoms with Gasteiger partial charge in [0.05, 0.1) is 18.0 Å². The highest BCUT2D eigenvalue weighted by Crippen LogP contribution is 2.23. The van der Waals surface area contributed by atoms with E-state index in [-0.39, 0.29) is 13.0 Å². The number of rotatable bonds is 7. The maximum atomic E-state index is 13.5. The number of hydrogen-bond acceptors (Lipinski definition) is 3. The fourth-order valence-corrected chi connectivity index (χ4v) is 2.04. The maximum Gasteiger partial charge on any atom is 0.226 e. The Morgan fingerprint density at radius 3 is 2.54 bits per heavy atom. The third kappa shape index (κ3) is 4.41. The molecule has 0 radical (unpaired) electrons. The molecule has 2 aromatic rings. The predicted molar refractivity (Wildman–Crippen MR) is 85.7 cm³/mol. The molecule has 0 heterocycles. The molecule has 0 atom stereocenters. The molecule has 2 aromatic carbocycles. The first-order valence-electron chi connectivity index (χ1n) is 7.42. The van der Waals surface area contributed by atoms with Crippen LogP contribution < -0.4 is 15.4 Å². The van der Waals surface area contributed by atoms with Gasteiger partial charge in [-0.15, -0.1) is 0 Å². The highest BCUT2D eigenvalue weighted by molar-refractivity contribution is 5.91. The monoisotopic (exact) mass is 338 g/mol. The van der Waals surface area contributed by atoms with Crippen molar-refractivity contribution in [2.24, 2.45) is 0 Å². The highest BCUT2D eigenvalue weighted by Gasteiger charge is 2.15. The summed E-state index contributed by atoms with van der Waals surface area (Å²) in [6.45, 7) is 2.64. The first-order valence-corrected chi connectivity index (χ1v) is 7.42. The summed E-state index contributed by atoms with van der Waals surface area (Å²) in [5, 5.41) is 5.25. The number of carbonyl (C=O) groups excluding carboxylic acids is 1. The zero-order chi connectivity index (χ0) is 17.5. The van der Waals surface area contributed by atoms with E-state index in [1.807, 2.05) is 19.1 Å². The maximum absolute atomic E-state index is 13.5. The van der Waals surface area contributed by atoms with Crippen molar-refractivity contribution in [2.45, 2.75) is 13.3 Å². The summed E-state index contributed by atoms with van der Waals surface area (Å²) in [6, 6.07) is 8.98. The van der Waals surface area contributed by atoms with Gasteiger partial charge in [-0.25, -0.2) is 13.2 Å². The van der Waals surface area contributed by atoms with Gasteiger partial charge >= 0.3 is 0 Å². The molecule has 0 fully saturated rings. The van der Waals surface area contributed by atoms with Crippen molar-refractivity contribution in [3.8, 4) is 5.75 Å². The van der Waals surface area contributed by atoms with E-state index in [2.05, 4.69) is 10.6 Å². The van der Waals surface area contributed by atoms with Gasteiger partial charge in [0.2, 0.25) is 5.91 Å². The fraction of sp³-hybridized carbons (Fsp3) is 0.235. The minimum absolute atomic E-state index is 0.0128. The standard InChI is InChI=1S/C17H17F3N2O2/c1-2-24-14-6-4-3-5-12(14)21-10-9-15(23)22-13-8-7-11(18)16(19)17(13)20/h3-8,21H,2,9-10H2,1H3,(H,22,23). The van der Waals surface area contributed by atoms with E-state index in [1.54, 1.807) is 12.1 Å². The van der Waals surface area contributed by atoms with Crippen molar-refractivity contribution in [3.63, 3.8) is 0 Å². The van der Waals surface area contributed by atoms with Crippen LogP contribution in [0.5, 0.6) is 5.75 Å². The van der Waals surface area contributed by atoms with Gasteiger partial charge in [0.1, 0.15) is 5.75 Å². The van der Waals surface area contributed by atoms with Gasteiger partial charge in [-0.2, -0.15) is 0 Å². The molecule has 2 N–H and O–H groups in total. The lowest BCUT2D eigenvalue weighted by molar-refractivity contribution is -0.116. The molecule has 0 aliphatic heterocycles. The quantitative estimate of drug-likeness (QED) is 0.752. The normalized spacial score (nSPS) is 10.3. The molecule has 0 spiro atoms. The number of carbonyl (C=O) groups is 1. The molecule has 4 nitrogen and oxygen atoms in total. The van der Waals surface area contributed by atoms with Crippen LogP contribution in [0.1, 0.15) is 13.3 Å². The highest BCUT2D eigenvalue weighted by atomic mass is 19.2. The van der Waals surface area contributed by atoms with E-state index in [0.717, 1.165) is 17.8 Å². The molecule has 0 saturated carbocycles. The number of ether oxygens (including phenoxy) is 1. The molecule has 1 amide bonds. The van der Waals surface area contributed by atoms with Crippen LogP contribution in [-0.4, -0.2) is 19.1 Å². The molecule has 0 bridgehead atoms. The molecular weight excluding hydrogens is 321 g/mol. The van der Waals surface area contributed by atoms with Crippen molar-refractivity contribution in [1.82, 2.24) is 0 Å². The second-order valence-electron chi connectivity index (χ2n) is 4.88. The molecule has 7 heteroatoms. The largest absolute Gasteiger partial charge is 0.492 e. The number of hydrogen-bond donors (Lipinski definition) is 2. The lowest BCUT2D eigenvalue weighted by Crippen LogP contribution is -2.17. The number of amides is 1. The Labute approximate surface area is 137 Å². The summed E-state index contributed by atoms with van der Waals surface area (Å²) in [6.07, 6.45) is 0.0128. The van der Waals surface area contributed by atoms with Gasteiger partial charge < -0.3 is 15.4 Å². The third-order valence-corrected chi connectivity index (χ3v) is 3.16. The summed E-state index contributed by atoms with van der Waals surface area (Å²) >= 11 is 0. The Balaban J connectivity index is 1.89. The van der Waals surface area contributed by atoms with Gasteiger partial charge in [0, 0.05) is 13.0 Å². The Morgan fingerprint density at radius 1 is 1.04 bits per heavy atom. The van der Waals surface area contributed by atoms with Crippen molar-refractivity contribution in [1.29, 1.82) is 0 Å². The number of para-hydroxylation sites is 2. The van der Waals surface area contributed by atoms with Crippen LogP contribution in [-0.2, 0) is 4.79 Å². The first kappa shape index (κ1) is 17.7. The summed E-state index contributed by atoms with van der Waals surface area (Å²) < 4.78 is 44.9. The van der Waals surface area contributed by atoms with E-state index in [1.165, 1.54) is 0 Å². The summed E-state index contributed by atoms with van der Waals surface area (Å²) in [5.41, 5.74) is 0.333. The van der Waals surface area contributed by atoms with Gasteiger partial charge in [0.25, 0.3) is 0 Å². The van der Waals surface area contributed by atoms with Crippen LogP contribution in [0, 0.1) is 17.5 Å². The van der Waals surface area contributed by atoms with Crippen molar-refractivity contribution < 1.29 is 22.7 Å². The zero-order valence-corrected chi connectivity index (χ0v) is 13.0. The molecule has 0 aliphatic carbocycles. The second-order valence-corrected chi connectivity index (χ2v) is 4.88. The van der Waals surface area contributed by atoms with E-state index in [0.29, 0.717) is 12.4 Å². The molecule has 0 aliphatic rings. The SMILES string of the molecule is CCOc1ccccc1NCCC(=O)Nc1ccc(F)c(F)c1F. The van der Waals surface area contributed by atoms with E-state index < -0.39 is 29.0 Å². The molecule has 2 rings (SSSR count). The Morgan fingerprint density at radius 2 is 1.79 bits per heavy atom. The average Bonchev–Trinajstić information content (AvgIpc) is 2.57. The van der Waals surface area contributed by atoms with E-state index >= 15 is 0 Å². The van der Waals surface area contributed by atoms with E-state index in [4.69, 9.17) is 4.74 Å². The topological polar surface area (TPSA) is 50.4 Å². The predicted octanol–water partition coefficient (Wildman–Crippen LogP) is 3.94. The zero-order valence-electron chi connectivity index (χ0n) is 13.0. The Bertz CT molecular complexity index is 723. The summed E-state index contributed by atoms with van der Waals surface area (Å²) in [4.78, 5) is 11.8. The van der Waals surface area contributed by atoms with Gasteiger partial charge in [0.15, 0.2) is 17.5 Å². The van der Waals surface area contributed by atoms with Gasteiger partial charge in [-0.05, 0) is 31.2 Å².